The molecule has 0 spiro atoms. The van der Waals surface area contributed by atoms with Gasteiger partial charge in [0.15, 0.2) is 18.1 Å². The van der Waals surface area contributed by atoms with E-state index in [0.29, 0.717) is 28.6 Å². The number of fused-ring (bicyclic) bond motifs is 2. The van der Waals surface area contributed by atoms with Gasteiger partial charge in [-0.3, -0.25) is 9.59 Å². The molecular weight excluding hydrogens is 360 g/mol. The van der Waals surface area contributed by atoms with Gasteiger partial charge in [-0.2, -0.15) is 0 Å². The van der Waals surface area contributed by atoms with Crippen molar-refractivity contribution in [2.45, 2.75) is 19.1 Å². The van der Waals surface area contributed by atoms with Gasteiger partial charge >= 0.3 is 0 Å². The number of para-hydroxylation sites is 2. The molecule has 2 aliphatic heterocycles. The number of hydrogen-bond donors (Lipinski definition) is 2. The third-order valence-corrected chi connectivity index (χ3v) is 4.37. The molecule has 2 aromatic carbocycles. The lowest BCUT2D eigenvalue weighted by Gasteiger charge is -2.31. The van der Waals surface area contributed by atoms with Crippen molar-refractivity contribution in [2.24, 2.45) is 0 Å². The molecule has 2 aliphatic rings. The molecule has 7 nitrogen and oxygen atoms in total. The highest BCUT2D eigenvalue weighted by atomic mass is 35.5. The van der Waals surface area contributed by atoms with Crippen molar-refractivity contribution in [3.63, 3.8) is 0 Å². The molecule has 2 atom stereocenters. The van der Waals surface area contributed by atoms with Gasteiger partial charge in [-0.05, 0) is 25.1 Å². The largest absolute Gasteiger partial charge is 0.482 e. The number of halogens is 1. The maximum absolute atomic E-state index is 12.7. The number of benzene rings is 2. The van der Waals surface area contributed by atoms with Crippen molar-refractivity contribution < 1.29 is 23.8 Å². The van der Waals surface area contributed by atoms with Crippen LogP contribution in [0, 0.1) is 0 Å². The third-order valence-electron chi connectivity index (χ3n) is 4.06. The van der Waals surface area contributed by atoms with Crippen molar-refractivity contribution in [3.8, 4) is 17.2 Å². The van der Waals surface area contributed by atoms with Crippen LogP contribution in [-0.2, 0) is 9.59 Å². The van der Waals surface area contributed by atoms with Crippen LogP contribution >= 0.6 is 11.6 Å². The zero-order chi connectivity index (χ0) is 18.3. The van der Waals surface area contributed by atoms with Crippen LogP contribution < -0.4 is 24.8 Å². The van der Waals surface area contributed by atoms with Crippen molar-refractivity contribution in [2.75, 3.05) is 17.2 Å². The highest BCUT2D eigenvalue weighted by Gasteiger charge is 2.34. The lowest BCUT2D eigenvalue weighted by Crippen LogP contribution is -2.46. The second kappa shape index (κ2) is 6.42. The Hall–Kier alpha value is -2.93. The Balaban J connectivity index is 1.54. The van der Waals surface area contributed by atoms with Crippen LogP contribution in [0.15, 0.2) is 36.4 Å². The minimum Gasteiger partial charge on any atom is -0.482 e. The Morgan fingerprint density at radius 3 is 2.69 bits per heavy atom. The minimum atomic E-state index is -0.836. The second-order valence-electron chi connectivity index (χ2n) is 5.96. The molecule has 2 heterocycles. The first kappa shape index (κ1) is 16.5. The van der Waals surface area contributed by atoms with Crippen LogP contribution in [0.3, 0.4) is 0 Å². The van der Waals surface area contributed by atoms with E-state index in [2.05, 4.69) is 10.6 Å². The molecule has 2 amide bonds. The van der Waals surface area contributed by atoms with Crippen molar-refractivity contribution in [1.82, 2.24) is 0 Å². The number of ether oxygens (including phenoxy) is 3. The summed E-state index contributed by atoms with van der Waals surface area (Å²) < 4.78 is 16.9. The number of nitrogens with one attached hydrogen (secondary N) is 2. The number of rotatable bonds is 2. The smallest absolute Gasteiger partial charge is 0.269 e. The Morgan fingerprint density at radius 2 is 1.92 bits per heavy atom. The van der Waals surface area contributed by atoms with Gasteiger partial charge in [0, 0.05) is 6.07 Å². The maximum atomic E-state index is 12.7. The topological polar surface area (TPSA) is 85.9 Å². The first-order valence-electron chi connectivity index (χ1n) is 8.00. The van der Waals surface area contributed by atoms with E-state index < -0.39 is 18.1 Å². The first-order chi connectivity index (χ1) is 12.5. The number of carbonyl (C=O) groups is 2. The Bertz CT molecular complexity index is 901. The van der Waals surface area contributed by atoms with Crippen LogP contribution in [0.25, 0.3) is 0 Å². The summed E-state index contributed by atoms with van der Waals surface area (Å²) in [6.45, 7) is 1.67. The van der Waals surface area contributed by atoms with Crippen molar-refractivity contribution in [1.29, 1.82) is 0 Å². The fourth-order valence-electron chi connectivity index (χ4n) is 2.81. The van der Waals surface area contributed by atoms with Crippen LogP contribution in [0.2, 0.25) is 5.02 Å². The zero-order valence-corrected chi connectivity index (χ0v) is 14.5. The summed E-state index contributed by atoms with van der Waals surface area (Å²) in [4.78, 5) is 24.0. The molecule has 0 saturated carbocycles. The molecule has 134 valence electrons. The molecule has 0 saturated heterocycles. The highest BCUT2D eigenvalue weighted by Crippen LogP contribution is 2.37. The monoisotopic (exact) mass is 374 g/mol. The third kappa shape index (κ3) is 3.01. The van der Waals surface area contributed by atoms with E-state index in [1.807, 2.05) is 6.07 Å². The Morgan fingerprint density at radius 1 is 1.19 bits per heavy atom. The van der Waals surface area contributed by atoms with Crippen molar-refractivity contribution in [3.05, 3.63) is 41.4 Å². The molecule has 0 fully saturated rings. The van der Waals surface area contributed by atoms with E-state index in [1.165, 1.54) is 6.07 Å². The van der Waals surface area contributed by atoms with Crippen LogP contribution in [0.5, 0.6) is 17.2 Å². The molecule has 8 heteroatoms. The Labute approximate surface area is 154 Å². The summed E-state index contributed by atoms with van der Waals surface area (Å²) in [5.41, 5.74) is 0.824. The molecule has 0 aliphatic carbocycles. The van der Waals surface area contributed by atoms with Crippen LogP contribution in [0.4, 0.5) is 11.4 Å². The molecule has 2 N–H and O–H groups in total. The van der Waals surface area contributed by atoms with E-state index in [9.17, 15) is 9.59 Å². The molecule has 2 aromatic rings. The summed E-state index contributed by atoms with van der Waals surface area (Å²) in [6, 6.07) is 10.3. The van der Waals surface area contributed by atoms with Crippen molar-refractivity contribution >= 4 is 34.8 Å². The van der Waals surface area contributed by atoms with Gasteiger partial charge in [-0.15, -0.1) is 0 Å². The highest BCUT2D eigenvalue weighted by molar-refractivity contribution is 6.34. The summed E-state index contributed by atoms with van der Waals surface area (Å²) in [7, 11) is 0. The summed E-state index contributed by atoms with van der Waals surface area (Å²) in [5, 5.41) is 5.66. The molecule has 4 rings (SSSR count). The number of carbonyl (C=O) groups excluding carboxylic acids is 2. The minimum absolute atomic E-state index is 0.0879. The standard InChI is InChI=1S/C18H15ClN2O5/c1-9-17(26-14-5-3-2-4-13(14)25-9)18(23)21-11-7-15-12(6-10(11)19)20-16(22)8-24-15/h2-7,9,17H,8H2,1H3,(H,20,22)(H,21,23)/t9-,17-/m0/s1. The normalized spacial score (nSPS) is 20.5. The average Bonchev–Trinajstić information content (AvgIpc) is 2.62. The number of hydrogen-bond acceptors (Lipinski definition) is 5. The molecule has 0 bridgehead atoms. The maximum Gasteiger partial charge on any atom is 0.269 e. The summed E-state index contributed by atoms with van der Waals surface area (Å²) in [5.74, 6) is 0.885. The van der Waals surface area contributed by atoms with Crippen LogP contribution in [-0.4, -0.2) is 30.6 Å². The zero-order valence-electron chi connectivity index (χ0n) is 13.7. The van der Waals surface area contributed by atoms with Gasteiger partial charge in [0.25, 0.3) is 11.8 Å². The van der Waals surface area contributed by atoms with Gasteiger partial charge in [-0.1, -0.05) is 23.7 Å². The number of amides is 2. The summed E-state index contributed by atoms with van der Waals surface area (Å²) >= 11 is 6.22. The molecule has 0 unspecified atom stereocenters. The van der Waals surface area contributed by atoms with E-state index in [4.69, 9.17) is 25.8 Å². The average molecular weight is 375 g/mol. The predicted molar refractivity (Wildman–Crippen MR) is 95.2 cm³/mol. The van der Waals surface area contributed by atoms with Gasteiger partial charge in [0.05, 0.1) is 16.4 Å². The van der Waals surface area contributed by atoms with E-state index in [-0.39, 0.29) is 17.5 Å². The molecule has 0 aromatic heterocycles. The SMILES string of the molecule is C[C@@H]1Oc2ccccc2O[C@@H]1C(=O)Nc1cc2c(cc1Cl)NC(=O)CO2. The fourth-order valence-corrected chi connectivity index (χ4v) is 3.02. The van der Waals surface area contributed by atoms with Gasteiger partial charge in [0.2, 0.25) is 6.10 Å². The molecular formula is C18H15ClN2O5. The van der Waals surface area contributed by atoms with Crippen LogP contribution in [0.1, 0.15) is 6.92 Å². The Kier molecular flexibility index (Phi) is 4.08. The lowest BCUT2D eigenvalue weighted by molar-refractivity contribution is -0.128. The van der Waals surface area contributed by atoms with E-state index in [1.54, 1.807) is 31.2 Å². The summed E-state index contributed by atoms with van der Waals surface area (Å²) in [6.07, 6.45) is -1.31. The van der Waals surface area contributed by atoms with E-state index >= 15 is 0 Å². The quantitative estimate of drug-likeness (QED) is 0.844. The molecule has 26 heavy (non-hydrogen) atoms. The number of anilines is 2. The lowest BCUT2D eigenvalue weighted by atomic mass is 10.1. The second-order valence-corrected chi connectivity index (χ2v) is 6.37. The molecule has 0 radical (unpaired) electrons. The van der Waals surface area contributed by atoms with Gasteiger partial charge in [0.1, 0.15) is 11.9 Å². The van der Waals surface area contributed by atoms with E-state index in [0.717, 1.165) is 0 Å². The first-order valence-corrected chi connectivity index (χ1v) is 8.38. The fraction of sp³-hybridized carbons (Fsp3) is 0.222. The van der Waals surface area contributed by atoms with Gasteiger partial charge < -0.3 is 24.8 Å². The predicted octanol–water partition coefficient (Wildman–Crippen LogP) is 2.84. The van der Waals surface area contributed by atoms with Gasteiger partial charge in [-0.25, -0.2) is 0 Å².